The SMILES string of the molecule is CCCCC(NC(=O)c1cccc(N2CCOC2=O)c1)C1CCC1. The molecular weight excluding hydrogens is 304 g/mol. The lowest BCUT2D eigenvalue weighted by Gasteiger charge is -2.34. The Morgan fingerprint density at radius 2 is 2.25 bits per heavy atom. The van der Waals surface area contributed by atoms with E-state index in [9.17, 15) is 9.59 Å². The monoisotopic (exact) mass is 330 g/mol. The normalized spacial score (nSPS) is 18.9. The fourth-order valence-corrected chi connectivity index (χ4v) is 3.39. The van der Waals surface area contributed by atoms with Crippen LogP contribution < -0.4 is 10.2 Å². The van der Waals surface area contributed by atoms with E-state index in [4.69, 9.17) is 4.74 Å². The highest BCUT2D eigenvalue weighted by Gasteiger charge is 2.29. The van der Waals surface area contributed by atoms with Gasteiger partial charge in [0.15, 0.2) is 0 Å². The van der Waals surface area contributed by atoms with Crippen molar-refractivity contribution in [2.24, 2.45) is 5.92 Å². The molecule has 1 atom stereocenters. The molecule has 1 aromatic rings. The lowest BCUT2D eigenvalue weighted by atomic mass is 9.78. The van der Waals surface area contributed by atoms with Crippen LogP contribution in [0.25, 0.3) is 0 Å². The molecule has 1 heterocycles. The Kier molecular flexibility index (Phi) is 5.38. The number of nitrogens with zero attached hydrogens (tertiary/aromatic N) is 1. The van der Waals surface area contributed by atoms with Crippen molar-refractivity contribution in [1.29, 1.82) is 0 Å². The van der Waals surface area contributed by atoms with Gasteiger partial charge in [0.2, 0.25) is 0 Å². The maximum Gasteiger partial charge on any atom is 0.414 e. The predicted molar refractivity (Wildman–Crippen MR) is 93.3 cm³/mol. The van der Waals surface area contributed by atoms with Gasteiger partial charge < -0.3 is 10.1 Å². The minimum atomic E-state index is -0.345. The van der Waals surface area contributed by atoms with Gasteiger partial charge in [-0.3, -0.25) is 9.69 Å². The molecule has 2 fully saturated rings. The van der Waals surface area contributed by atoms with E-state index in [-0.39, 0.29) is 18.0 Å². The summed E-state index contributed by atoms with van der Waals surface area (Å²) in [4.78, 5) is 25.9. The minimum Gasteiger partial charge on any atom is -0.447 e. The van der Waals surface area contributed by atoms with Crippen LogP contribution in [0, 0.1) is 5.92 Å². The number of benzene rings is 1. The summed E-state index contributed by atoms with van der Waals surface area (Å²) in [6, 6.07) is 7.51. The fraction of sp³-hybridized carbons (Fsp3) is 0.579. The maximum atomic E-state index is 12.7. The average molecular weight is 330 g/mol. The Bertz CT molecular complexity index is 598. The molecule has 0 bridgehead atoms. The summed E-state index contributed by atoms with van der Waals surface area (Å²) < 4.78 is 4.97. The number of unbranched alkanes of at least 4 members (excludes halogenated alkanes) is 1. The molecule has 24 heavy (non-hydrogen) atoms. The summed E-state index contributed by atoms with van der Waals surface area (Å²) in [7, 11) is 0. The van der Waals surface area contributed by atoms with Crippen LogP contribution in [0.5, 0.6) is 0 Å². The van der Waals surface area contributed by atoms with Gasteiger partial charge in [-0.1, -0.05) is 32.3 Å². The largest absolute Gasteiger partial charge is 0.447 e. The van der Waals surface area contributed by atoms with Gasteiger partial charge in [-0.15, -0.1) is 0 Å². The zero-order valence-electron chi connectivity index (χ0n) is 14.3. The first-order valence-corrected chi connectivity index (χ1v) is 9.04. The molecular formula is C19H26N2O3. The standard InChI is InChI=1S/C19H26N2O3/c1-2-3-10-17(14-6-4-7-14)20-18(22)15-8-5-9-16(13-15)21-11-12-24-19(21)23/h5,8-9,13-14,17H,2-4,6-7,10-12H2,1H3,(H,20,22). The first-order chi connectivity index (χ1) is 11.7. The molecule has 0 aromatic heterocycles. The van der Waals surface area contributed by atoms with Crippen molar-refractivity contribution in [2.75, 3.05) is 18.1 Å². The van der Waals surface area contributed by atoms with Crippen molar-refractivity contribution in [3.8, 4) is 0 Å². The number of hydrogen-bond donors (Lipinski definition) is 1. The maximum absolute atomic E-state index is 12.7. The van der Waals surface area contributed by atoms with Crippen molar-refractivity contribution >= 4 is 17.7 Å². The van der Waals surface area contributed by atoms with Crippen LogP contribution in [0.15, 0.2) is 24.3 Å². The highest BCUT2D eigenvalue weighted by Crippen LogP contribution is 2.32. The summed E-state index contributed by atoms with van der Waals surface area (Å²) in [6.07, 6.45) is 6.69. The van der Waals surface area contributed by atoms with E-state index in [0.29, 0.717) is 24.6 Å². The number of hydrogen-bond acceptors (Lipinski definition) is 3. The second kappa shape index (κ2) is 7.69. The molecule has 2 aliphatic rings. The van der Waals surface area contributed by atoms with Gasteiger partial charge in [0.1, 0.15) is 6.61 Å². The Morgan fingerprint density at radius 3 is 2.88 bits per heavy atom. The molecule has 5 nitrogen and oxygen atoms in total. The molecule has 5 heteroatoms. The highest BCUT2D eigenvalue weighted by atomic mass is 16.6. The first-order valence-electron chi connectivity index (χ1n) is 9.04. The van der Waals surface area contributed by atoms with E-state index in [0.717, 1.165) is 24.9 Å². The van der Waals surface area contributed by atoms with Crippen LogP contribution in [-0.2, 0) is 4.74 Å². The van der Waals surface area contributed by atoms with E-state index >= 15 is 0 Å². The molecule has 1 saturated heterocycles. The topological polar surface area (TPSA) is 58.6 Å². The minimum absolute atomic E-state index is 0.0441. The van der Waals surface area contributed by atoms with E-state index in [1.54, 1.807) is 17.0 Å². The summed E-state index contributed by atoms with van der Waals surface area (Å²) in [5.41, 5.74) is 1.33. The number of anilines is 1. The average Bonchev–Trinajstić information content (AvgIpc) is 2.97. The molecule has 1 saturated carbocycles. The van der Waals surface area contributed by atoms with Crippen LogP contribution in [0.4, 0.5) is 10.5 Å². The number of nitrogens with one attached hydrogen (secondary N) is 1. The summed E-state index contributed by atoms with van der Waals surface area (Å²) in [5.74, 6) is 0.578. The predicted octanol–water partition coefficient (Wildman–Crippen LogP) is 3.73. The van der Waals surface area contributed by atoms with Gasteiger partial charge in [-0.25, -0.2) is 4.79 Å². The van der Waals surface area contributed by atoms with Gasteiger partial charge in [-0.05, 0) is 43.4 Å². The van der Waals surface area contributed by atoms with E-state index in [2.05, 4.69) is 12.2 Å². The number of amides is 2. The Balaban J connectivity index is 1.68. The number of carbonyl (C=O) groups is 2. The number of cyclic esters (lactones) is 1. The third-order valence-corrected chi connectivity index (χ3v) is 5.08. The lowest BCUT2D eigenvalue weighted by molar-refractivity contribution is 0.0895. The highest BCUT2D eigenvalue weighted by molar-refractivity contribution is 5.97. The molecule has 1 unspecified atom stereocenters. The van der Waals surface area contributed by atoms with Crippen molar-refractivity contribution in [1.82, 2.24) is 5.32 Å². The van der Waals surface area contributed by atoms with Crippen molar-refractivity contribution in [3.63, 3.8) is 0 Å². The molecule has 1 aromatic carbocycles. The van der Waals surface area contributed by atoms with Gasteiger partial charge >= 0.3 is 6.09 Å². The first kappa shape index (κ1) is 16.8. The zero-order chi connectivity index (χ0) is 16.9. The van der Waals surface area contributed by atoms with E-state index < -0.39 is 0 Å². The van der Waals surface area contributed by atoms with E-state index in [1.807, 2.05) is 12.1 Å². The van der Waals surface area contributed by atoms with Crippen LogP contribution >= 0.6 is 0 Å². The van der Waals surface area contributed by atoms with Crippen LogP contribution in [0.1, 0.15) is 55.8 Å². The molecule has 0 spiro atoms. The van der Waals surface area contributed by atoms with Crippen LogP contribution in [-0.4, -0.2) is 31.2 Å². The molecule has 1 aliphatic heterocycles. The van der Waals surface area contributed by atoms with Gasteiger partial charge in [0, 0.05) is 17.3 Å². The molecule has 0 radical (unpaired) electrons. The van der Waals surface area contributed by atoms with E-state index in [1.165, 1.54) is 19.3 Å². The Labute approximate surface area is 143 Å². The summed E-state index contributed by atoms with van der Waals surface area (Å²) in [6.45, 7) is 3.11. The number of rotatable bonds is 7. The van der Waals surface area contributed by atoms with Gasteiger partial charge in [0.25, 0.3) is 5.91 Å². The smallest absolute Gasteiger partial charge is 0.414 e. The molecule has 2 amide bonds. The fourth-order valence-electron chi connectivity index (χ4n) is 3.39. The second-order valence-corrected chi connectivity index (χ2v) is 6.73. The van der Waals surface area contributed by atoms with Crippen LogP contribution in [0.2, 0.25) is 0 Å². The zero-order valence-corrected chi connectivity index (χ0v) is 14.3. The third-order valence-electron chi connectivity index (χ3n) is 5.08. The Morgan fingerprint density at radius 1 is 1.42 bits per heavy atom. The van der Waals surface area contributed by atoms with Gasteiger partial charge in [0.05, 0.1) is 6.54 Å². The summed E-state index contributed by atoms with van der Waals surface area (Å²) >= 11 is 0. The molecule has 1 N–H and O–H groups in total. The molecule has 3 rings (SSSR count). The van der Waals surface area contributed by atoms with Crippen LogP contribution in [0.3, 0.4) is 0 Å². The Hall–Kier alpha value is -2.04. The second-order valence-electron chi connectivity index (χ2n) is 6.73. The lowest BCUT2D eigenvalue weighted by Crippen LogP contribution is -2.42. The van der Waals surface area contributed by atoms with Gasteiger partial charge in [-0.2, -0.15) is 0 Å². The molecule has 1 aliphatic carbocycles. The molecule has 130 valence electrons. The number of carbonyl (C=O) groups excluding carboxylic acids is 2. The quantitative estimate of drug-likeness (QED) is 0.828. The van der Waals surface area contributed by atoms with Crippen molar-refractivity contribution in [2.45, 2.75) is 51.5 Å². The number of ether oxygens (including phenoxy) is 1. The third kappa shape index (κ3) is 3.71. The van der Waals surface area contributed by atoms with Crippen molar-refractivity contribution < 1.29 is 14.3 Å². The van der Waals surface area contributed by atoms with Crippen molar-refractivity contribution in [3.05, 3.63) is 29.8 Å². The summed E-state index contributed by atoms with van der Waals surface area (Å²) in [5, 5.41) is 3.23.